The van der Waals surface area contributed by atoms with E-state index in [2.05, 4.69) is 15.4 Å². The van der Waals surface area contributed by atoms with Crippen LogP contribution < -0.4 is 24.8 Å². The van der Waals surface area contributed by atoms with Crippen LogP contribution >= 0.6 is 0 Å². The molecule has 4 amide bonds. The van der Waals surface area contributed by atoms with E-state index in [0.717, 1.165) is 87.2 Å². The molecule has 4 saturated carbocycles. The van der Waals surface area contributed by atoms with E-state index in [1.165, 1.54) is 4.90 Å². The van der Waals surface area contributed by atoms with Crippen molar-refractivity contribution in [3.63, 3.8) is 0 Å². The van der Waals surface area contributed by atoms with Gasteiger partial charge in [0.15, 0.2) is 0 Å². The summed E-state index contributed by atoms with van der Waals surface area (Å²) >= 11 is 0. The third-order valence-corrected chi connectivity index (χ3v) is 15.3. The predicted molar refractivity (Wildman–Crippen MR) is 211 cm³/mol. The molecule has 3 N–H and O–H groups in total. The summed E-state index contributed by atoms with van der Waals surface area (Å²) in [7, 11) is -2.25. The Kier molecular flexibility index (Phi) is 11.3. The topological polar surface area (TPSA) is 182 Å². The molecule has 0 radical (unpaired) electrons. The van der Waals surface area contributed by atoms with E-state index in [-0.39, 0.29) is 43.2 Å². The van der Waals surface area contributed by atoms with E-state index in [0.29, 0.717) is 37.2 Å². The number of carbonyl (C=O) groups is 4. The first-order chi connectivity index (χ1) is 27.5. The van der Waals surface area contributed by atoms with Gasteiger partial charge in [-0.2, -0.15) is 0 Å². The Morgan fingerprint density at radius 1 is 0.965 bits per heavy atom. The number of alkyl carbamates (subject to hydrolysis) is 1. The van der Waals surface area contributed by atoms with Gasteiger partial charge in [-0.3, -0.25) is 19.1 Å². The number of benzene rings is 1. The van der Waals surface area contributed by atoms with Crippen LogP contribution in [0.15, 0.2) is 24.3 Å². The largest absolute Gasteiger partial charge is 0.497 e. The number of rotatable bonds is 8. The fourth-order valence-corrected chi connectivity index (χ4v) is 11.3. The monoisotopic (exact) mass is 807 g/mol. The summed E-state index contributed by atoms with van der Waals surface area (Å²) in [6.07, 6.45) is 11.1. The number of fused-ring (bicyclic) bond motifs is 5. The number of hydrogen-bond acceptors (Lipinski definition) is 10. The highest BCUT2D eigenvalue weighted by Crippen LogP contribution is 2.47. The fourth-order valence-electron chi connectivity index (χ4n) is 9.95. The maximum Gasteiger partial charge on any atom is 0.408 e. The van der Waals surface area contributed by atoms with Crippen molar-refractivity contribution in [1.82, 2.24) is 25.2 Å². The molecular weight excluding hydrogens is 751 g/mol. The van der Waals surface area contributed by atoms with Crippen molar-refractivity contribution < 1.29 is 41.8 Å². The molecule has 8 rings (SSSR count). The van der Waals surface area contributed by atoms with Crippen LogP contribution in [0.25, 0.3) is 10.9 Å². The number of aromatic nitrogens is 1. The molecular formula is C42H57N5O9S. The van der Waals surface area contributed by atoms with Crippen molar-refractivity contribution in [3.8, 4) is 11.5 Å². The van der Waals surface area contributed by atoms with Crippen molar-refractivity contribution in [2.45, 2.75) is 151 Å². The van der Waals surface area contributed by atoms with Crippen molar-refractivity contribution in [2.24, 2.45) is 17.8 Å². The average molecular weight is 808 g/mol. The molecule has 57 heavy (non-hydrogen) atoms. The van der Waals surface area contributed by atoms with E-state index in [1.807, 2.05) is 31.2 Å². The standard InChI is InChI=1S/C42H57N5O9S/c1-3-28-23-42(28,40(50)46-57(52,53)31-17-18-31)45-38(48)34-22-30-24-47(34)39(49)37(26-11-7-8-12-26)44-41(51)56-35-15-9-13-25(35)10-5-4-6-14-33-36(55-30)21-27-20-29(54-2)16-19-32(27)43-33/h16,19-21,25-26,28,30-31,34-35,37H,3-15,17-18,22-24H2,1-2H3,(H,44,51)(H,45,48)(H,46,50)/t25-,28+,30-,34+,35-,37+,42-/m1/s1. The second kappa shape index (κ2) is 16.2. The van der Waals surface area contributed by atoms with Crippen LogP contribution in [0.4, 0.5) is 4.79 Å². The van der Waals surface area contributed by atoms with E-state index >= 15 is 0 Å². The third kappa shape index (κ3) is 8.40. The first-order valence-electron chi connectivity index (χ1n) is 21.3. The summed E-state index contributed by atoms with van der Waals surface area (Å²) in [5.41, 5.74) is 0.200. The van der Waals surface area contributed by atoms with Crippen molar-refractivity contribution in [2.75, 3.05) is 13.7 Å². The molecule has 1 aromatic heterocycles. The van der Waals surface area contributed by atoms with Gasteiger partial charge in [-0.15, -0.1) is 0 Å². The van der Waals surface area contributed by atoms with Gasteiger partial charge in [0.1, 0.15) is 41.3 Å². The maximum atomic E-state index is 14.9. The zero-order chi connectivity index (χ0) is 39.9. The first-order valence-corrected chi connectivity index (χ1v) is 22.8. The van der Waals surface area contributed by atoms with E-state index in [1.54, 1.807) is 7.11 Å². The number of sulfonamides is 1. The van der Waals surface area contributed by atoms with Crippen LogP contribution in [0, 0.1) is 17.8 Å². The van der Waals surface area contributed by atoms with E-state index < -0.39 is 62.8 Å². The number of pyridine rings is 1. The summed E-state index contributed by atoms with van der Waals surface area (Å²) in [5, 5.41) is 6.15. The second-order valence-corrected chi connectivity index (χ2v) is 19.3. The number of amides is 4. The SMILES string of the molecule is CC[C@H]1C[C@]1(NC(=O)[C@@H]1C[C@@H]2CN1C(=O)[C@H](C1CCCC1)NC(=O)O[C@@H]1CCC[C@H]1CCCCCc1nc3ccc(OC)cc3cc1O2)C(=O)NS(=O)(=O)C1CC1. The minimum absolute atomic E-state index is 0.0591. The van der Waals surface area contributed by atoms with Gasteiger partial charge in [0.05, 0.1) is 30.1 Å². The minimum atomic E-state index is -3.86. The molecule has 15 heteroatoms. The lowest BCUT2D eigenvalue weighted by atomic mass is 9.96. The molecule has 7 atom stereocenters. The molecule has 1 aromatic carbocycles. The van der Waals surface area contributed by atoms with Gasteiger partial charge in [-0.25, -0.2) is 18.2 Å². The highest BCUT2D eigenvalue weighted by molar-refractivity contribution is 7.91. The zero-order valence-electron chi connectivity index (χ0n) is 33.1. The number of nitrogens with one attached hydrogen (secondary N) is 3. The van der Waals surface area contributed by atoms with Gasteiger partial charge in [0, 0.05) is 11.8 Å². The number of methoxy groups -OCH3 is 1. The highest BCUT2D eigenvalue weighted by Gasteiger charge is 2.62. The van der Waals surface area contributed by atoms with Gasteiger partial charge in [0.25, 0.3) is 5.91 Å². The van der Waals surface area contributed by atoms with Crippen LogP contribution in [0.5, 0.6) is 11.5 Å². The number of hydrogen-bond donors (Lipinski definition) is 3. The van der Waals surface area contributed by atoms with Gasteiger partial charge in [-0.1, -0.05) is 39.0 Å². The summed E-state index contributed by atoms with van der Waals surface area (Å²) < 4.78 is 46.2. The van der Waals surface area contributed by atoms with Gasteiger partial charge in [0.2, 0.25) is 21.8 Å². The number of carbonyl (C=O) groups excluding carboxylic acids is 4. The Bertz CT molecular complexity index is 1980. The Morgan fingerprint density at radius 2 is 1.72 bits per heavy atom. The van der Waals surface area contributed by atoms with E-state index in [9.17, 15) is 27.6 Å². The molecule has 2 aromatic rings. The lowest BCUT2D eigenvalue weighted by molar-refractivity contribution is -0.142. The van der Waals surface area contributed by atoms with Crippen molar-refractivity contribution >= 4 is 44.7 Å². The lowest BCUT2D eigenvalue weighted by Gasteiger charge is -2.32. The van der Waals surface area contributed by atoms with Crippen LogP contribution in [0.1, 0.15) is 115 Å². The fraction of sp³-hybridized carbons (Fsp3) is 0.690. The molecule has 3 heterocycles. The maximum absolute atomic E-state index is 14.9. The summed E-state index contributed by atoms with van der Waals surface area (Å²) in [6, 6.07) is 5.70. The lowest BCUT2D eigenvalue weighted by Crippen LogP contribution is -2.59. The van der Waals surface area contributed by atoms with Crippen LogP contribution in [0.2, 0.25) is 0 Å². The number of aryl methyl sites for hydroxylation is 1. The van der Waals surface area contributed by atoms with E-state index in [4.69, 9.17) is 19.2 Å². The molecule has 2 aliphatic heterocycles. The molecule has 4 aliphatic carbocycles. The molecule has 2 bridgehead atoms. The minimum Gasteiger partial charge on any atom is -0.497 e. The molecule has 0 spiro atoms. The normalized spacial score (nSPS) is 31.2. The van der Waals surface area contributed by atoms with Crippen molar-refractivity contribution in [1.29, 1.82) is 0 Å². The van der Waals surface area contributed by atoms with Crippen LogP contribution in [0.3, 0.4) is 0 Å². The van der Waals surface area contributed by atoms with Crippen LogP contribution in [-0.2, 0) is 35.6 Å². The summed E-state index contributed by atoms with van der Waals surface area (Å²) in [6.45, 7) is 1.96. The molecule has 1 saturated heterocycles. The van der Waals surface area contributed by atoms with Gasteiger partial charge >= 0.3 is 6.09 Å². The van der Waals surface area contributed by atoms with Gasteiger partial charge < -0.3 is 29.7 Å². The van der Waals surface area contributed by atoms with Crippen molar-refractivity contribution in [3.05, 3.63) is 30.0 Å². The summed E-state index contributed by atoms with van der Waals surface area (Å²) in [5.74, 6) is -0.572. The smallest absolute Gasteiger partial charge is 0.408 e. The quantitative estimate of drug-likeness (QED) is 0.326. The third-order valence-electron chi connectivity index (χ3n) is 13.5. The number of nitrogens with zero attached hydrogens (tertiary/aromatic N) is 2. The zero-order valence-corrected chi connectivity index (χ0v) is 33.9. The Morgan fingerprint density at radius 3 is 2.46 bits per heavy atom. The predicted octanol–water partition coefficient (Wildman–Crippen LogP) is 5.06. The summed E-state index contributed by atoms with van der Waals surface area (Å²) in [4.78, 5) is 63.3. The molecule has 6 aliphatic rings. The Labute approximate surface area is 334 Å². The molecule has 0 unspecified atom stereocenters. The highest BCUT2D eigenvalue weighted by atomic mass is 32.2. The van der Waals surface area contributed by atoms with Gasteiger partial charge in [-0.05, 0) is 113 Å². The Balaban J connectivity index is 1.13. The first kappa shape index (κ1) is 39.7. The molecule has 5 fully saturated rings. The van der Waals surface area contributed by atoms with Crippen LogP contribution in [-0.4, -0.2) is 90.9 Å². The Hall–Kier alpha value is -4.14. The second-order valence-electron chi connectivity index (χ2n) is 17.3. The average Bonchev–Trinajstić information content (AvgIpc) is 3.98. The molecule has 14 nitrogen and oxygen atoms in total. The number of ether oxygens (including phenoxy) is 3. The molecule has 310 valence electrons.